The maximum atomic E-state index is 5.59. The summed E-state index contributed by atoms with van der Waals surface area (Å²) in [4.78, 5) is 4.31. The topological polar surface area (TPSA) is 60.2 Å². The molecule has 5 nitrogen and oxygen atoms in total. The van der Waals surface area contributed by atoms with Crippen LogP contribution in [-0.4, -0.2) is 22.8 Å². The summed E-state index contributed by atoms with van der Waals surface area (Å²) in [5.41, 5.74) is 0. The molecule has 1 aliphatic rings. The number of aromatic nitrogens is 2. The zero-order chi connectivity index (χ0) is 11.4. The molecule has 0 amide bonds. The summed E-state index contributed by atoms with van der Waals surface area (Å²) in [6.07, 6.45) is 4.33. The van der Waals surface area contributed by atoms with E-state index in [0.717, 1.165) is 12.8 Å². The Bertz CT molecular complexity index is 317. The zero-order valence-electron chi connectivity index (χ0n) is 9.90. The Morgan fingerprint density at radius 3 is 2.94 bits per heavy atom. The Morgan fingerprint density at radius 2 is 2.31 bits per heavy atom. The van der Waals surface area contributed by atoms with E-state index < -0.39 is 0 Å². The fourth-order valence-electron chi connectivity index (χ4n) is 1.58. The van der Waals surface area contributed by atoms with E-state index >= 15 is 0 Å². The molecule has 0 radical (unpaired) electrons. The summed E-state index contributed by atoms with van der Waals surface area (Å²) in [6.45, 7) is 4.77. The van der Waals surface area contributed by atoms with Crippen molar-refractivity contribution < 1.29 is 9.26 Å². The molecule has 0 spiro atoms. The van der Waals surface area contributed by atoms with Crippen LogP contribution >= 0.6 is 0 Å². The van der Waals surface area contributed by atoms with E-state index in [9.17, 15) is 0 Å². The predicted octanol–water partition coefficient (Wildman–Crippen LogP) is 2.52. The normalized spacial score (nSPS) is 17.4. The minimum Gasteiger partial charge on any atom is -0.370 e. The van der Waals surface area contributed by atoms with Crippen LogP contribution in [0.4, 0.5) is 6.01 Å². The van der Waals surface area contributed by atoms with Gasteiger partial charge in [0.15, 0.2) is 0 Å². The third-order valence-electron chi connectivity index (χ3n) is 2.55. The smallest absolute Gasteiger partial charge is 0.321 e. The fourth-order valence-corrected chi connectivity index (χ4v) is 1.58. The van der Waals surface area contributed by atoms with Gasteiger partial charge in [0.2, 0.25) is 5.82 Å². The van der Waals surface area contributed by atoms with Crippen LogP contribution in [0.3, 0.4) is 0 Å². The largest absolute Gasteiger partial charge is 0.370 e. The van der Waals surface area contributed by atoms with Gasteiger partial charge < -0.3 is 14.6 Å². The minimum absolute atomic E-state index is 0.0338. The van der Waals surface area contributed by atoms with Crippen LogP contribution < -0.4 is 5.32 Å². The third-order valence-corrected chi connectivity index (χ3v) is 2.55. The molecule has 16 heavy (non-hydrogen) atoms. The summed E-state index contributed by atoms with van der Waals surface area (Å²) in [7, 11) is 0. The number of anilines is 1. The lowest BCUT2D eigenvalue weighted by Crippen LogP contribution is -2.06. The summed E-state index contributed by atoms with van der Waals surface area (Å²) in [6, 6.07) is 1.06. The third kappa shape index (κ3) is 2.95. The van der Waals surface area contributed by atoms with E-state index in [4.69, 9.17) is 9.26 Å². The highest BCUT2D eigenvalue weighted by Gasteiger charge is 2.24. The minimum atomic E-state index is -0.0338. The average molecular weight is 225 g/mol. The molecule has 1 aliphatic carbocycles. The fraction of sp³-hybridized carbons (Fsp3) is 0.818. The molecular weight excluding hydrogens is 206 g/mol. The van der Waals surface area contributed by atoms with Gasteiger partial charge in [-0.05, 0) is 26.2 Å². The molecule has 1 atom stereocenters. The molecule has 1 unspecified atom stereocenters. The van der Waals surface area contributed by atoms with E-state index in [0.29, 0.717) is 24.5 Å². The average Bonchev–Trinajstić information content (AvgIpc) is 2.95. The first-order valence-corrected chi connectivity index (χ1v) is 6.05. The molecule has 1 fully saturated rings. The maximum Gasteiger partial charge on any atom is 0.321 e. The number of hydrogen-bond acceptors (Lipinski definition) is 5. The number of nitrogens with one attached hydrogen (secondary N) is 1. The molecule has 1 aromatic heterocycles. The van der Waals surface area contributed by atoms with Crippen molar-refractivity contribution in [1.29, 1.82) is 0 Å². The van der Waals surface area contributed by atoms with E-state index in [1.165, 1.54) is 12.8 Å². The zero-order valence-corrected chi connectivity index (χ0v) is 9.90. The van der Waals surface area contributed by atoms with Crippen molar-refractivity contribution in [2.24, 2.45) is 0 Å². The Labute approximate surface area is 95.6 Å². The molecule has 2 rings (SSSR count). The Hall–Kier alpha value is -1.10. The Kier molecular flexibility index (Phi) is 3.77. The Balaban J connectivity index is 1.96. The van der Waals surface area contributed by atoms with Crippen molar-refractivity contribution in [3.05, 3.63) is 5.82 Å². The second-order valence-corrected chi connectivity index (χ2v) is 4.11. The van der Waals surface area contributed by atoms with Gasteiger partial charge in [0.1, 0.15) is 6.10 Å². The summed E-state index contributed by atoms with van der Waals surface area (Å²) < 4.78 is 10.7. The molecule has 0 bridgehead atoms. The van der Waals surface area contributed by atoms with Crippen molar-refractivity contribution in [3.8, 4) is 0 Å². The summed E-state index contributed by atoms with van der Waals surface area (Å²) in [5.74, 6) is 0.659. The van der Waals surface area contributed by atoms with Gasteiger partial charge in [0, 0.05) is 12.6 Å². The number of hydrogen-bond donors (Lipinski definition) is 1. The van der Waals surface area contributed by atoms with E-state index in [1.807, 2.05) is 6.92 Å². The molecule has 0 aliphatic heterocycles. The van der Waals surface area contributed by atoms with Crippen LogP contribution in [0.15, 0.2) is 4.52 Å². The first kappa shape index (κ1) is 11.4. The first-order valence-electron chi connectivity index (χ1n) is 6.05. The Morgan fingerprint density at radius 1 is 1.50 bits per heavy atom. The highest BCUT2D eigenvalue weighted by Crippen LogP contribution is 2.25. The quantitative estimate of drug-likeness (QED) is 0.772. The lowest BCUT2D eigenvalue weighted by Gasteiger charge is -2.10. The van der Waals surface area contributed by atoms with Crippen LogP contribution in [0.2, 0.25) is 0 Å². The van der Waals surface area contributed by atoms with Crippen LogP contribution in [0.5, 0.6) is 0 Å². The van der Waals surface area contributed by atoms with Crippen LogP contribution in [0, 0.1) is 0 Å². The molecule has 1 heterocycles. The van der Waals surface area contributed by atoms with Gasteiger partial charge in [-0.15, -0.1) is 0 Å². The predicted molar refractivity (Wildman–Crippen MR) is 60.2 cm³/mol. The lowest BCUT2D eigenvalue weighted by atomic mass is 10.2. The van der Waals surface area contributed by atoms with Crippen molar-refractivity contribution in [1.82, 2.24) is 10.1 Å². The summed E-state index contributed by atoms with van der Waals surface area (Å²) >= 11 is 0. The molecule has 0 saturated heterocycles. The van der Waals surface area contributed by atoms with Crippen molar-refractivity contribution in [2.75, 3.05) is 11.9 Å². The molecular formula is C11H19N3O2. The second-order valence-electron chi connectivity index (χ2n) is 4.11. The van der Waals surface area contributed by atoms with Gasteiger partial charge >= 0.3 is 6.01 Å². The van der Waals surface area contributed by atoms with E-state index in [2.05, 4.69) is 22.4 Å². The number of nitrogens with zero attached hydrogens (tertiary/aromatic N) is 2. The van der Waals surface area contributed by atoms with Gasteiger partial charge in [-0.25, -0.2) is 0 Å². The van der Waals surface area contributed by atoms with E-state index in [-0.39, 0.29) is 6.10 Å². The second kappa shape index (κ2) is 5.30. The number of ether oxygens (including phenoxy) is 1. The molecule has 1 aromatic rings. The number of rotatable bonds is 7. The van der Waals surface area contributed by atoms with Crippen LogP contribution in [0.25, 0.3) is 0 Å². The van der Waals surface area contributed by atoms with Gasteiger partial charge in [0.05, 0.1) is 0 Å². The van der Waals surface area contributed by atoms with Crippen LogP contribution in [0.1, 0.15) is 51.5 Å². The van der Waals surface area contributed by atoms with Gasteiger partial charge in [-0.1, -0.05) is 18.5 Å². The highest BCUT2D eigenvalue weighted by atomic mass is 16.5. The molecule has 0 aromatic carbocycles. The van der Waals surface area contributed by atoms with Gasteiger partial charge in [-0.2, -0.15) is 4.98 Å². The molecule has 5 heteroatoms. The SMILES string of the molecule is CCCC(OCC)c1noc(NC2CC2)n1. The first-order chi connectivity index (χ1) is 7.83. The summed E-state index contributed by atoms with van der Waals surface area (Å²) in [5, 5.41) is 7.14. The van der Waals surface area contributed by atoms with Gasteiger partial charge in [0.25, 0.3) is 0 Å². The van der Waals surface area contributed by atoms with Gasteiger partial charge in [-0.3, -0.25) is 0 Å². The highest BCUT2D eigenvalue weighted by molar-refractivity contribution is 5.23. The van der Waals surface area contributed by atoms with Crippen molar-refractivity contribution >= 4 is 6.01 Å². The lowest BCUT2D eigenvalue weighted by molar-refractivity contribution is 0.0478. The van der Waals surface area contributed by atoms with E-state index in [1.54, 1.807) is 0 Å². The molecule has 90 valence electrons. The van der Waals surface area contributed by atoms with Crippen LogP contribution in [-0.2, 0) is 4.74 Å². The standard InChI is InChI=1S/C11H19N3O2/c1-3-5-9(15-4-2)10-13-11(16-14-10)12-8-6-7-8/h8-9H,3-7H2,1-2H3,(H,12,13,14). The maximum absolute atomic E-state index is 5.59. The molecule has 1 N–H and O–H groups in total. The van der Waals surface area contributed by atoms with Crippen molar-refractivity contribution in [3.63, 3.8) is 0 Å². The van der Waals surface area contributed by atoms with Crippen molar-refractivity contribution in [2.45, 2.75) is 51.7 Å². The monoisotopic (exact) mass is 225 g/mol. The molecule has 1 saturated carbocycles.